The van der Waals surface area contributed by atoms with Crippen molar-refractivity contribution >= 4 is 17.7 Å². The molecule has 1 saturated heterocycles. The average Bonchev–Trinajstić information content (AvgIpc) is 3.26. The van der Waals surface area contributed by atoms with Gasteiger partial charge in [-0.15, -0.1) is 4.99 Å². The maximum atomic E-state index is 8.12. The van der Waals surface area contributed by atoms with Crippen molar-refractivity contribution in [3.63, 3.8) is 0 Å². The van der Waals surface area contributed by atoms with Crippen molar-refractivity contribution in [2.24, 2.45) is 10.9 Å². The Bertz CT molecular complexity index is 837. The molecule has 0 amide bonds. The molecule has 1 aromatic heterocycles. The molecule has 1 aromatic carbocycles. The molecule has 0 radical (unpaired) electrons. The minimum absolute atomic E-state index is 0.123. The Balaban J connectivity index is 0.000000273. The van der Waals surface area contributed by atoms with E-state index in [-0.39, 0.29) is 6.10 Å². The van der Waals surface area contributed by atoms with Gasteiger partial charge in [-0.25, -0.2) is 15.2 Å². The molecule has 2 heterocycles. The fraction of sp³-hybridized carbons (Fsp3) is 0.542. The summed E-state index contributed by atoms with van der Waals surface area (Å²) in [7, 11) is 1.47. The smallest absolute Gasteiger partial charge is 0.155 e. The lowest BCUT2D eigenvalue weighted by atomic mass is 10.1. The Hall–Kier alpha value is -2.43. The molecule has 33 heavy (non-hydrogen) atoms. The molecule has 3 unspecified atom stereocenters. The molecule has 2 aromatic rings. The molecule has 1 fully saturated rings. The molecular formula is C24H37N5O4. The van der Waals surface area contributed by atoms with Crippen molar-refractivity contribution in [1.29, 1.82) is 0 Å². The standard InChI is InChI=1S/C17H22N4.C7H15NO4/c1-4-13(2)10-18-16-14(3)20-12-21-17(16)19-11-15-8-6-5-7-9-15;1-6-3-4-7(11-6)5-10-8(2)12-9/h5-10,12-13H,4,11H2,1-3H3,(H,19,20,21);6-7,9H,3-5H2,1-2H3. The molecule has 0 aliphatic carbocycles. The van der Waals surface area contributed by atoms with Crippen LogP contribution in [0, 0.1) is 12.8 Å². The van der Waals surface area contributed by atoms with E-state index < -0.39 is 0 Å². The van der Waals surface area contributed by atoms with E-state index in [4.69, 9.17) is 14.8 Å². The zero-order valence-corrected chi connectivity index (χ0v) is 20.3. The largest absolute Gasteiger partial charge is 0.373 e. The van der Waals surface area contributed by atoms with Gasteiger partial charge in [-0.2, -0.15) is 0 Å². The van der Waals surface area contributed by atoms with Crippen LogP contribution in [0.5, 0.6) is 0 Å². The molecule has 9 nitrogen and oxygen atoms in total. The number of nitrogens with one attached hydrogen (secondary N) is 1. The van der Waals surface area contributed by atoms with Gasteiger partial charge in [-0.05, 0) is 49.8 Å². The summed E-state index contributed by atoms with van der Waals surface area (Å²) in [5.41, 5.74) is 2.93. The third-order valence-electron chi connectivity index (χ3n) is 5.29. The van der Waals surface area contributed by atoms with E-state index in [1.807, 2.05) is 38.3 Å². The van der Waals surface area contributed by atoms with Gasteiger partial charge in [-0.1, -0.05) is 44.2 Å². The normalized spacial score (nSPS) is 18.9. The predicted molar refractivity (Wildman–Crippen MR) is 129 cm³/mol. The third kappa shape index (κ3) is 9.93. The number of anilines is 1. The Morgan fingerprint density at radius 1 is 1.30 bits per heavy atom. The van der Waals surface area contributed by atoms with E-state index in [1.54, 1.807) is 6.33 Å². The summed E-state index contributed by atoms with van der Waals surface area (Å²) in [4.78, 5) is 21.9. The van der Waals surface area contributed by atoms with E-state index in [2.05, 4.69) is 51.2 Å². The summed E-state index contributed by atoms with van der Waals surface area (Å²) < 4.78 is 5.47. The van der Waals surface area contributed by atoms with Crippen molar-refractivity contribution in [3.05, 3.63) is 47.9 Å². The summed E-state index contributed by atoms with van der Waals surface area (Å²) in [6, 6.07) is 10.3. The summed E-state index contributed by atoms with van der Waals surface area (Å²) in [5, 5.41) is 12.4. The lowest BCUT2D eigenvalue weighted by Gasteiger charge is -2.14. The van der Waals surface area contributed by atoms with Crippen molar-refractivity contribution in [2.75, 3.05) is 19.0 Å². The number of ether oxygens (including phenoxy) is 1. The van der Waals surface area contributed by atoms with Crippen LogP contribution in [0.2, 0.25) is 0 Å². The van der Waals surface area contributed by atoms with Gasteiger partial charge in [0, 0.05) is 19.8 Å². The molecule has 0 saturated carbocycles. The number of hydroxylamine groups is 2. The minimum Gasteiger partial charge on any atom is -0.373 e. The van der Waals surface area contributed by atoms with Crippen LogP contribution in [0.3, 0.4) is 0 Å². The van der Waals surface area contributed by atoms with Crippen LogP contribution >= 0.6 is 0 Å². The molecule has 1 aliphatic heterocycles. The molecular weight excluding hydrogens is 422 g/mol. The van der Waals surface area contributed by atoms with Crippen LogP contribution in [0.4, 0.5) is 11.5 Å². The van der Waals surface area contributed by atoms with Gasteiger partial charge in [0.25, 0.3) is 0 Å². The molecule has 2 N–H and O–H groups in total. The maximum Gasteiger partial charge on any atom is 0.155 e. The highest BCUT2D eigenvalue weighted by molar-refractivity contribution is 5.72. The lowest BCUT2D eigenvalue weighted by Crippen LogP contribution is -2.24. The van der Waals surface area contributed by atoms with E-state index >= 15 is 0 Å². The van der Waals surface area contributed by atoms with Gasteiger partial charge >= 0.3 is 0 Å². The van der Waals surface area contributed by atoms with Gasteiger partial charge < -0.3 is 10.1 Å². The molecule has 182 valence electrons. The summed E-state index contributed by atoms with van der Waals surface area (Å²) >= 11 is 0. The second-order valence-corrected chi connectivity index (χ2v) is 8.12. The summed E-state index contributed by atoms with van der Waals surface area (Å²) in [6.07, 6.45) is 7.13. The van der Waals surface area contributed by atoms with Gasteiger partial charge in [-0.3, -0.25) is 9.83 Å². The highest BCUT2D eigenvalue weighted by Crippen LogP contribution is 2.25. The van der Waals surface area contributed by atoms with Gasteiger partial charge in [0.15, 0.2) is 5.82 Å². The fourth-order valence-corrected chi connectivity index (χ4v) is 3.06. The second-order valence-electron chi connectivity index (χ2n) is 8.12. The number of hydrogen-bond acceptors (Lipinski definition) is 9. The molecule has 3 atom stereocenters. The number of hydrogen-bond donors (Lipinski definition) is 2. The van der Waals surface area contributed by atoms with Crippen LogP contribution in [-0.2, 0) is 21.1 Å². The van der Waals surface area contributed by atoms with Crippen LogP contribution in [-0.4, -0.2) is 52.5 Å². The highest BCUT2D eigenvalue weighted by atomic mass is 17.3. The Kier molecular flexibility index (Phi) is 11.9. The third-order valence-corrected chi connectivity index (χ3v) is 5.29. The van der Waals surface area contributed by atoms with Gasteiger partial charge in [0.2, 0.25) is 0 Å². The first kappa shape index (κ1) is 26.8. The number of aromatic nitrogens is 2. The monoisotopic (exact) mass is 459 g/mol. The van der Waals surface area contributed by atoms with Crippen molar-refractivity contribution < 1.29 is 19.8 Å². The summed E-state index contributed by atoms with van der Waals surface area (Å²) in [5.74, 6) is 1.23. The van der Waals surface area contributed by atoms with Crippen molar-refractivity contribution in [1.82, 2.24) is 15.2 Å². The van der Waals surface area contributed by atoms with E-state index in [1.165, 1.54) is 12.6 Å². The topological polar surface area (TPSA) is 101 Å². The van der Waals surface area contributed by atoms with Crippen LogP contribution in [0.25, 0.3) is 0 Å². The summed E-state index contributed by atoms with van der Waals surface area (Å²) in [6.45, 7) is 9.44. The number of rotatable bonds is 10. The molecule has 1 aliphatic rings. The maximum absolute atomic E-state index is 8.12. The average molecular weight is 460 g/mol. The van der Waals surface area contributed by atoms with Gasteiger partial charge in [0.05, 0.1) is 24.5 Å². The van der Waals surface area contributed by atoms with Crippen molar-refractivity contribution in [2.45, 2.75) is 65.7 Å². The van der Waals surface area contributed by atoms with E-state index in [9.17, 15) is 0 Å². The van der Waals surface area contributed by atoms with E-state index in [0.717, 1.165) is 48.2 Å². The van der Waals surface area contributed by atoms with Crippen LogP contribution in [0.1, 0.15) is 51.3 Å². The first-order chi connectivity index (χ1) is 15.9. The zero-order chi connectivity index (χ0) is 24.1. The van der Waals surface area contributed by atoms with E-state index in [0.29, 0.717) is 18.6 Å². The molecule has 9 heteroatoms. The van der Waals surface area contributed by atoms with Crippen LogP contribution in [0.15, 0.2) is 41.7 Å². The van der Waals surface area contributed by atoms with Crippen molar-refractivity contribution in [3.8, 4) is 0 Å². The quantitative estimate of drug-likeness (QED) is 0.292. The Morgan fingerprint density at radius 3 is 2.70 bits per heavy atom. The highest BCUT2D eigenvalue weighted by Gasteiger charge is 2.22. The number of nitrogens with zero attached hydrogens (tertiary/aromatic N) is 4. The Labute approximate surface area is 196 Å². The fourth-order valence-electron chi connectivity index (χ4n) is 3.06. The minimum atomic E-state index is 0.123. The van der Waals surface area contributed by atoms with Crippen LogP contribution < -0.4 is 5.32 Å². The Morgan fingerprint density at radius 2 is 2.06 bits per heavy atom. The zero-order valence-electron chi connectivity index (χ0n) is 20.3. The molecule has 0 bridgehead atoms. The first-order valence-electron chi connectivity index (χ1n) is 11.4. The molecule has 0 spiro atoms. The number of benzene rings is 1. The number of aryl methyl sites for hydroxylation is 1. The number of aliphatic imine (C=N–C) groups is 1. The SMILES string of the molecule is CC1CCC(CON(C)OO)O1.CCC(C)C=Nc1c(C)ncnc1NCc1ccccc1. The molecule has 3 rings (SSSR count). The lowest BCUT2D eigenvalue weighted by molar-refractivity contribution is -0.497. The first-order valence-corrected chi connectivity index (χ1v) is 11.4. The second kappa shape index (κ2) is 14.7. The van der Waals surface area contributed by atoms with Gasteiger partial charge in [0.1, 0.15) is 12.0 Å². The predicted octanol–water partition coefficient (Wildman–Crippen LogP) is 4.97.